The maximum Gasteiger partial charge on any atom is 0.194 e. The fraction of sp³-hybridized carbons (Fsp3) is 0.348. The zero-order valence-electron chi connectivity index (χ0n) is 18.7. The quantitative estimate of drug-likeness (QED) is 0.301. The molecule has 0 aliphatic carbocycles. The van der Waals surface area contributed by atoms with Crippen LogP contribution < -0.4 is 15.0 Å². The van der Waals surface area contributed by atoms with E-state index in [9.17, 15) is 0 Å². The summed E-state index contributed by atoms with van der Waals surface area (Å²) >= 11 is 0. The third kappa shape index (κ3) is 5.32. The predicted octanol–water partition coefficient (Wildman–Crippen LogP) is 3.10. The average Bonchev–Trinajstić information content (AvgIpc) is 3.26. The molecule has 0 amide bonds. The number of nitrogens with one attached hydrogen (secondary N) is 1. The molecule has 1 N–H and O–H groups in total. The van der Waals surface area contributed by atoms with Gasteiger partial charge in [-0.25, -0.2) is 9.97 Å². The van der Waals surface area contributed by atoms with E-state index in [1.807, 2.05) is 49.1 Å². The molecule has 32 heavy (non-hydrogen) atoms. The Balaban J connectivity index is 0.00000289. The number of rotatable bonds is 5. The van der Waals surface area contributed by atoms with Gasteiger partial charge < -0.3 is 19.9 Å². The van der Waals surface area contributed by atoms with Crippen molar-refractivity contribution in [2.75, 3.05) is 45.2 Å². The first kappa shape index (κ1) is 23.8. The number of ether oxygens (including phenoxy) is 1. The van der Waals surface area contributed by atoms with Crippen molar-refractivity contribution >= 4 is 35.6 Å². The van der Waals surface area contributed by atoms with E-state index in [1.54, 1.807) is 13.3 Å². The molecule has 1 saturated heterocycles. The van der Waals surface area contributed by atoms with Crippen LogP contribution in [-0.4, -0.2) is 65.7 Å². The Morgan fingerprint density at radius 2 is 1.88 bits per heavy atom. The van der Waals surface area contributed by atoms with Crippen molar-refractivity contribution in [2.24, 2.45) is 4.99 Å². The molecule has 9 heteroatoms. The standard InChI is InChI=1S/C23H29N7O.HI/c1-18-25-10-11-30(18)22-9-8-19(16-26-22)17-27-23(24-2)29-14-12-28(13-15-29)20-6-4-5-7-21(20)31-3;/h4-11,16H,12-15,17H2,1-3H3,(H,24,27);1H. The van der Waals surface area contributed by atoms with E-state index in [2.05, 4.69) is 48.3 Å². The summed E-state index contributed by atoms with van der Waals surface area (Å²) in [5.41, 5.74) is 2.25. The van der Waals surface area contributed by atoms with E-state index in [0.29, 0.717) is 6.54 Å². The van der Waals surface area contributed by atoms with Crippen molar-refractivity contribution in [2.45, 2.75) is 13.5 Å². The fourth-order valence-electron chi connectivity index (χ4n) is 3.85. The number of methoxy groups -OCH3 is 1. The molecule has 0 atom stereocenters. The van der Waals surface area contributed by atoms with Crippen LogP contribution in [0.2, 0.25) is 0 Å². The highest BCUT2D eigenvalue weighted by Gasteiger charge is 2.21. The number of aliphatic imine (C=N–C) groups is 1. The summed E-state index contributed by atoms with van der Waals surface area (Å²) in [4.78, 5) is 18.0. The smallest absolute Gasteiger partial charge is 0.194 e. The molecule has 170 valence electrons. The summed E-state index contributed by atoms with van der Waals surface area (Å²) in [6, 6.07) is 12.3. The van der Waals surface area contributed by atoms with Gasteiger partial charge in [0.2, 0.25) is 0 Å². The molecule has 0 spiro atoms. The van der Waals surface area contributed by atoms with E-state index in [0.717, 1.165) is 60.8 Å². The number of aryl methyl sites for hydroxylation is 1. The number of pyridine rings is 1. The van der Waals surface area contributed by atoms with E-state index in [1.165, 1.54) is 0 Å². The van der Waals surface area contributed by atoms with Crippen LogP contribution in [0.3, 0.4) is 0 Å². The fourth-order valence-corrected chi connectivity index (χ4v) is 3.85. The van der Waals surface area contributed by atoms with Gasteiger partial charge in [0.1, 0.15) is 17.4 Å². The number of halogens is 1. The molecular weight excluding hydrogens is 517 g/mol. The van der Waals surface area contributed by atoms with Crippen LogP contribution in [0.25, 0.3) is 5.82 Å². The van der Waals surface area contributed by atoms with Gasteiger partial charge in [0.15, 0.2) is 5.96 Å². The van der Waals surface area contributed by atoms with Crippen LogP contribution in [0.15, 0.2) is 60.0 Å². The molecule has 3 aromatic rings. The summed E-state index contributed by atoms with van der Waals surface area (Å²) in [5.74, 6) is 3.62. The molecular formula is C23H30IN7O. The van der Waals surface area contributed by atoms with Crippen molar-refractivity contribution in [3.63, 3.8) is 0 Å². The van der Waals surface area contributed by atoms with Gasteiger partial charge in [-0.1, -0.05) is 18.2 Å². The Morgan fingerprint density at radius 3 is 2.50 bits per heavy atom. The Bertz CT molecular complexity index is 1030. The molecule has 1 aliphatic heterocycles. The maximum absolute atomic E-state index is 5.52. The van der Waals surface area contributed by atoms with Crippen LogP contribution in [0, 0.1) is 6.92 Å². The molecule has 4 rings (SSSR count). The second-order valence-corrected chi connectivity index (χ2v) is 7.42. The van der Waals surface area contributed by atoms with Gasteiger partial charge in [0, 0.05) is 58.4 Å². The van der Waals surface area contributed by atoms with Gasteiger partial charge in [-0.05, 0) is 30.7 Å². The van der Waals surface area contributed by atoms with Crippen LogP contribution in [-0.2, 0) is 6.54 Å². The first-order valence-electron chi connectivity index (χ1n) is 10.5. The lowest BCUT2D eigenvalue weighted by Crippen LogP contribution is -2.52. The van der Waals surface area contributed by atoms with Crippen LogP contribution in [0.4, 0.5) is 5.69 Å². The minimum absolute atomic E-state index is 0. The van der Waals surface area contributed by atoms with Crippen molar-refractivity contribution < 1.29 is 4.74 Å². The topological polar surface area (TPSA) is 70.8 Å². The van der Waals surface area contributed by atoms with Crippen molar-refractivity contribution in [1.29, 1.82) is 0 Å². The molecule has 1 fully saturated rings. The van der Waals surface area contributed by atoms with Crippen molar-refractivity contribution in [3.05, 3.63) is 66.4 Å². The summed E-state index contributed by atoms with van der Waals surface area (Å²) in [5, 5.41) is 3.47. The number of hydrogen-bond donors (Lipinski definition) is 1. The van der Waals surface area contributed by atoms with Crippen LogP contribution >= 0.6 is 24.0 Å². The second-order valence-electron chi connectivity index (χ2n) is 7.42. The molecule has 0 saturated carbocycles. The number of imidazole rings is 1. The van der Waals surface area contributed by atoms with E-state index >= 15 is 0 Å². The molecule has 0 radical (unpaired) electrons. The number of guanidine groups is 1. The number of anilines is 1. The number of nitrogens with zero attached hydrogens (tertiary/aromatic N) is 6. The third-order valence-electron chi connectivity index (χ3n) is 5.55. The monoisotopic (exact) mass is 547 g/mol. The zero-order valence-corrected chi connectivity index (χ0v) is 21.1. The molecule has 1 aromatic carbocycles. The molecule has 3 heterocycles. The van der Waals surface area contributed by atoms with E-state index in [4.69, 9.17) is 4.74 Å². The Kier molecular flexibility index (Phi) is 8.32. The first-order valence-corrected chi connectivity index (χ1v) is 10.5. The average molecular weight is 547 g/mol. The lowest BCUT2D eigenvalue weighted by molar-refractivity contribution is 0.367. The Morgan fingerprint density at radius 1 is 1.09 bits per heavy atom. The predicted molar refractivity (Wildman–Crippen MR) is 138 cm³/mol. The highest BCUT2D eigenvalue weighted by atomic mass is 127. The summed E-state index contributed by atoms with van der Waals surface area (Å²) in [6.07, 6.45) is 5.60. The highest BCUT2D eigenvalue weighted by Crippen LogP contribution is 2.28. The van der Waals surface area contributed by atoms with Gasteiger partial charge in [0.25, 0.3) is 0 Å². The summed E-state index contributed by atoms with van der Waals surface area (Å²) < 4.78 is 7.49. The van der Waals surface area contributed by atoms with Crippen molar-refractivity contribution in [3.8, 4) is 11.6 Å². The lowest BCUT2D eigenvalue weighted by Gasteiger charge is -2.38. The van der Waals surface area contributed by atoms with Gasteiger partial charge in [-0.3, -0.25) is 9.56 Å². The molecule has 0 unspecified atom stereocenters. The number of hydrogen-bond acceptors (Lipinski definition) is 5. The summed E-state index contributed by atoms with van der Waals surface area (Å²) in [6.45, 7) is 6.27. The lowest BCUT2D eigenvalue weighted by atomic mass is 10.2. The van der Waals surface area contributed by atoms with Gasteiger partial charge >= 0.3 is 0 Å². The highest BCUT2D eigenvalue weighted by molar-refractivity contribution is 14.0. The second kappa shape index (κ2) is 11.2. The van der Waals surface area contributed by atoms with E-state index in [-0.39, 0.29) is 24.0 Å². The Hall–Kier alpha value is -2.82. The number of piperazine rings is 1. The Labute approximate surface area is 206 Å². The summed E-state index contributed by atoms with van der Waals surface area (Å²) in [7, 11) is 3.55. The molecule has 8 nitrogen and oxygen atoms in total. The normalized spacial score (nSPS) is 14.2. The minimum atomic E-state index is 0. The van der Waals surface area contributed by atoms with Gasteiger partial charge in [-0.2, -0.15) is 0 Å². The van der Waals surface area contributed by atoms with Crippen molar-refractivity contribution in [1.82, 2.24) is 24.8 Å². The molecule has 0 bridgehead atoms. The van der Waals surface area contributed by atoms with Gasteiger partial charge in [0.05, 0.1) is 12.8 Å². The third-order valence-corrected chi connectivity index (χ3v) is 5.55. The van der Waals surface area contributed by atoms with Gasteiger partial charge in [-0.15, -0.1) is 24.0 Å². The largest absolute Gasteiger partial charge is 0.495 e. The number of aromatic nitrogens is 3. The SMILES string of the molecule is CN=C(NCc1ccc(-n2ccnc2C)nc1)N1CCN(c2ccccc2OC)CC1.I. The minimum Gasteiger partial charge on any atom is -0.495 e. The van der Waals surface area contributed by atoms with E-state index < -0.39 is 0 Å². The molecule has 1 aliphatic rings. The van der Waals surface area contributed by atoms with Crippen LogP contribution in [0.1, 0.15) is 11.4 Å². The number of benzene rings is 1. The first-order chi connectivity index (χ1) is 15.2. The molecule has 2 aromatic heterocycles. The van der Waals surface area contributed by atoms with Crippen LogP contribution in [0.5, 0.6) is 5.75 Å². The maximum atomic E-state index is 5.52. The number of para-hydroxylation sites is 2. The zero-order chi connectivity index (χ0) is 21.6.